The predicted molar refractivity (Wildman–Crippen MR) is 149 cm³/mol. The molecule has 0 saturated carbocycles. The average molecular weight is 574 g/mol. The number of hydrogen-bond donors (Lipinski definition) is 2. The predicted octanol–water partition coefficient (Wildman–Crippen LogP) is 3.93. The molecule has 0 atom stereocenters. The largest absolute Gasteiger partial charge is 0.452 e. The summed E-state index contributed by atoms with van der Waals surface area (Å²) in [6.45, 7) is 7.06. The molecule has 2 N–H and O–H groups in total. The maximum Gasteiger partial charge on any atom is 0.338 e. The number of amides is 1. The number of nitrogens with zero attached hydrogens (tertiary/aromatic N) is 1. The lowest BCUT2D eigenvalue weighted by Crippen LogP contribution is -2.30. The van der Waals surface area contributed by atoms with Crippen molar-refractivity contribution in [2.75, 3.05) is 29.7 Å². The van der Waals surface area contributed by atoms with E-state index in [1.54, 1.807) is 51.1 Å². The third-order valence-corrected chi connectivity index (χ3v) is 9.31. The number of ether oxygens (including phenoxy) is 1. The van der Waals surface area contributed by atoms with Gasteiger partial charge < -0.3 is 10.1 Å². The summed E-state index contributed by atoms with van der Waals surface area (Å²) in [4.78, 5) is 24.9. The SMILES string of the molecule is CCN(CC)S(=O)(=O)c1ccc(C)c(NC(=O)COC(=O)c2ccc(S(=O)(=O)Nc3ccc(C)cc3)cc2)c1. The molecule has 39 heavy (non-hydrogen) atoms. The summed E-state index contributed by atoms with van der Waals surface area (Å²) in [5.41, 5.74) is 2.35. The standard InChI is InChI=1S/C27H31N3O7S2/c1-5-30(6-2)39(35,36)24-14-9-20(4)25(17-24)28-26(31)18-37-27(32)21-10-15-23(16-11-21)38(33,34)29-22-12-7-19(3)8-13-22/h7-17,29H,5-6,18H2,1-4H3,(H,28,31). The number of benzene rings is 3. The molecule has 0 aliphatic rings. The summed E-state index contributed by atoms with van der Waals surface area (Å²) in [6, 6.07) is 16.4. The van der Waals surface area contributed by atoms with Gasteiger partial charge in [0, 0.05) is 24.5 Å². The van der Waals surface area contributed by atoms with E-state index < -0.39 is 38.5 Å². The molecule has 1 amide bonds. The average Bonchev–Trinajstić information content (AvgIpc) is 2.90. The number of hydrogen-bond acceptors (Lipinski definition) is 7. The zero-order valence-corrected chi connectivity index (χ0v) is 23.7. The molecule has 10 nitrogen and oxygen atoms in total. The normalized spacial score (nSPS) is 11.7. The molecule has 0 aliphatic carbocycles. The van der Waals surface area contributed by atoms with Gasteiger partial charge in [0.25, 0.3) is 15.9 Å². The Morgan fingerprint density at radius 3 is 2.00 bits per heavy atom. The summed E-state index contributed by atoms with van der Waals surface area (Å²) in [5.74, 6) is -1.49. The third-order valence-electron chi connectivity index (χ3n) is 5.86. The Balaban J connectivity index is 1.62. The Morgan fingerprint density at radius 1 is 0.821 bits per heavy atom. The number of sulfonamides is 2. The van der Waals surface area contributed by atoms with Crippen molar-refractivity contribution in [1.82, 2.24) is 4.31 Å². The molecule has 0 heterocycles. The monoisotopic (exact) mass is 573 g/mol. The minimum Gasteiger partial charge on any atom is -0.452 e. The number of aryl methyl sites for hydroxylation is 2. The van der Waals surface area contributed by atoms with Crippen LogP contribution >= 0.6 is 0 Å². The van der Waals surface area contributed by atoms with E-state index in [0.29, 0.717) is 24.3 Å². The van der Waals surface area contributed by atoms with Crippen molar-refractivity contribution in [3.63, 3.8) is 0 Å². The fourth-order valence-corrected chi connectivity index (χ4v) is 6.16. The van der Waals surface area contributed by atoms with E-state index in [4.69, 9.17) is 4.74 Å². The summed E-state index contributed by atoms with van der Waals surface area (Å²) >= 11 is 0. The molecular weight excluding hydrogens is 542 g/mol. The quantitative estimate of drug-likeness (QED) is 0.331. The van der Waals surface area contributed by atoms with Gasteiger partial charge in [-0.3, -0.25) is 9.52 Å². The summed E-state index contributed by atoms with van der Waals surface area (Å²) < 4.78 is 59.7. The van der Waals surface area contributed by atoms with Gasteiger partial charge >= 0.3 is 5.97 Å². The maximum atomic E-state index is 12.8. The van der Waals surface area contributed by atoms with Crippen molar-refractivity contribution in [2.45, 2.75) is 37.5 Å². The Bertz CT molecular complexity index is 1550. The number of rotatable bonds is 11. The molecular formula is C27H31N3O7S2. The van der Waals surface area contributed by atoms with Gasteiger partial charge in [-0.15, -0.1) is 0 Å². The minimum absolute atomic E-state index is 0.0380. The van der Waals surface area contributed by atoms with Gasteiger partial charge in [0.1, 0.15) is 0 Å². The molecule has 0 fully saturated rings. The van der Waals surface area contributed by atoms with Crippen LogP contribution in [-0.2, 0) is 29.6 Å². The van der Waals surface area contributed by atoms with Crippen molar-refractivity contribution in [1.29, 1.82) is 0 Å². The molecule has 0 aliphatic heterocycles. The van der Waals surface area contributed by atoms with Crippen LogP contribution in [0.25, 0.3) is 0 Å². The minimum atomic E-state index is -3.87. The number of nitrogens with one attached hydrogen (secondary N) is 2. The lowest BCUT2D eigenvalue weighted by molar-refractivity contribution is -0.119. The van der Waals surface area contributed by atoms with E-state index in [1.807, 2.05) is 6.92 Å². The Labute approximate surface area is 229 Å². The van der Waals surface area contributed by atoms with Crippen molar-refractivity contribution in [2.24, 2.45) is 0 Å². The highest BCUT2D eigenvalue weighted by atomic mass is 32.2. The van der Waals surface area contributed by atoms with Crippen LogP contribution < -0.4 is 10.0 Å². The highest BCUT2D eigenvalue weighted by Gasteiger charge is 2.23. The second-order valence-electron chi connectivity index (χ2n) is 8.69. The summed E-state index contributed by atoms with van der Waals surface area (Å²) in [6.07, 6.45) is 0. The van der Waals surface area contributed by atoms with Crippen LogP contribution in [0.15, 0.2) is 76.5 Å². The van der Waals surface area contributed by atoms with Gasteiger partial charge in [0.05, 0.1) is 15.4 Å². The van der Waals surface area contributed by atoms with Crippen molar-refractivity contribution >= 4 is 43.3 Å². The first-order valence-corrected chi connectivity index (χ1v) is 15.1. The summed E-state index contributed by atoms with van der Waals surface area (Å²) in [5, 5.41) is 2.57. The Morgan fingerprint density at radius 2 is 1.41 bits per heavy atom. The van der Waals surface area contributed by atoms with Gasteiger partial charge in [0.15, 0.2) is 6.61 Å². The fraction of sp³-hybridized carbons (Fsp3) is 0.259. The smallest absolute Gasteiger partial charge is 0.338 e. The first kappa shape index (κ1) is 29.8. The molecule has 208 valence electrons. The van der Waals surface area contributed by atoms with Crippen LogP contribution in [-0.4, -0.2) is 52.7 Å². The second-order valence-corrected chi connectivity index (χ2v) is 12.3. The Hall–Kier alpha value is -3.74. The lowest BCUT2D eigenvalue weighted by Gasteiger charge is -2.19. The van der Waals surface area contributed by atoms with E-state index in [1.165, 1.54) is 40.7 Å². The molecule has 3 aromatic carbocycles. The van der Waals surface area contributed by atoms with Crippen LogP contribution in [0, 0.1) is 13.8 Å². The van der Waals surface area contributed by atoms with Crippen LogP contribution in [0.1, 0.15) is 35.3 Å². The third kappa shape index (κ3) is 7.43. The molecule has 12 heteroatoms. The highest BCUT2D eigenvalue weighted by Crippen LogP contribution is 2.23. The molecule has 0 aromatic heterocycles. The van der Waals surface area contributed by atoms with Crippen LogP contribution in [0.2, 0.25) is 0 Å². The second kappa shape index (κ2) is 12.4. The Kier molecular flexibility index (Phi) is 9.49. The fourth-order valence-electron chi connectivity index (χ4n) is 3.62. The van der Waals surface area contributed by atoms with Gasteiger partial charge in [-0.2, -0.15) is 4.31 Å². The molecule has 0 saturated heterocycles. The van der Waals surface area contributed by atoms with Gasteiger partial charge in [0.2, 0.25) is 10.0 Å². The van der Waals surface area contributed by atoms with Crippen molar-refractivity contribution < 1.29 is 31.2 Å². The molecule has 3 aromatic rings. The zero-order chi connectivity index (χ0) is 28.8. The first-order valence-electron chi connectivity index (χ1n) is 12.1. The number of anilines is 2. The van der Waals surface area contributed by atoms with Gasteiger partial charge in [-0.05, 0) is 67.9 Å². The number of carbonyl (C=O) groups is 2. The van der Waals surface area contributed by atoms with Gasteiger partial charge in [-0.25, -0.2) is 21.6 Å². The van der Waals surface area contributed by atoms with E-state index in [9.17, 15) is 26.4 Å². The molecule has 0 radical (unpaired) electrons. The molecule has 0 unspecified atom stereocenters. The van der Waals surface area contributed by atoms with Crippen LogP contribution in [0.3, 0.4) is 0 Å². The van der Waals surface area contributed by atoms with E-state index in [2.05, 4.69) is 10.0 Å². The molecule has 0 bridgehead atoms. The van der Waals surface area contributed by atoms with Gasteiger partial charge in [-0.1, -0.05) is 37.6 Å². The molecule has 3 rings (SSSR count). The van der Waals surface area contributed by atoms with Crippen molar-refractivity contribution in [3.05, 3.63) is 83.4 Å². The van der Waals surface area contributed by atoms with E-state index in [-0.39, 0.29) is 21.0 Å². The zero-order valence-electron chi connectivity index (χ0n) is 22.1. The summed E-state index contributed by atoms with van der Waals surface area (Å²) in [7, 11) is -7.59. The number of carbonyl (C=O) groups excluding carboxylic acids is 2. The van der Waals surface area contributed by atoms with E-state index >= 15 is 0 Å². The number of esters is 1. The first-order chi connectivity index (χ1) is 18.4. The van der Waals surface area contributed by atoms with Crippen LogP contribution in [0.5, 0.6) is 0 Å². The lowest BCUT2D eigenvalue weighted by atomic mass is 10.2. The van der Waals surface area contributed by atoms with Crippen LogP contribution in [0.4, 0.5) is 11.4 Å². The van der Waals surface area contributed by atoms with Crippen molar-refractivity contribution in [3.8, 4) is 0 Å². The molecule has 0 spiro atoms. The highest BCUT2D eigenvalue weighted by molar-refractivity contribution is 7.92. The maximum absolute atomic E-state index is 12.8. The topological polar surface area (TPSA) is 139 Å². The van der Waals surface area contributed by atoms with E-state index in [0.717, 1.165) is 5.56 Å².